The molecule has 1 aromatic heterocycles. The van der Waals surface area contributed by atoms with Crippen LogP contribution in [0.25, 0.3) is 11.0 Å². The highest BCUT2D eigenvalue weighted by atomic mass is 19.1. The van der Waals surface area contributed by atoms with Crippen LogP contribution in [0, 0.1) is 5.82 Å². The molecule has 2 amide bonds. The number of hydrogen-bond acceptors (Lipinski definition) is 3. The summed E-state index contributed by atoms with van der Waals surface area (Å²) in [4.78, 5) is 28.5. The number of aromatic nitrogens is 2. The van der Waals surface area contributed by atoms with Gasteiger partial charge < -0.3 is 15.2 Å². The number of rotatable bonds is 7. The minimum atomic E-state index is -0.356. The standard InChI is InChI=1S/C20H21FN4O2/c1-2-19(26)22-12-11-18-24-16-5-3-4-6-17(16)25(18)13-20(27)23-15-9-7-14(21)8-10-15/h3-10H,2,11-13H2,1H3,(H,22,26)(H,23,27). The molecule has 0 spiro atoms. The first kappa shape index (κ1) is 18.6. The van der Waals surface area contributed by atoms with Gasteiger partial charge in [-0.15, -0.1) is 0 Å². The average Bonchev–Trinajstić information content (AvgIpc) is 3.01. The van der Waals surface area contributed by atoms with Crippen LogP contribution in [0.1, 0.15) is 19.2 Å². The predicted molar refractivity (Wildman–Crippen MR) is 102 cm³/mol. The van der Waals surface area contributed by atoms with Crippen molar-refractivity contribution in [2.45, 2.75) is 26.3 Å². The molecule has 0 atom stereocenters. The van der Waals surface area contributed by atoms with Crippen molar-refractivity contribution in [3.8, 4) is 0 Å². The van der Waals surface area contributed by atoms with E-state index in [4.69, 9.17) is 0 Å². The number of fused-ring (bicyclic) bond motifs is 1. The molecule has 0 aliphatic carbocycles. The second-order valence-electron chi connectivity index (χ2n) is 6.11. The lowest BCUT2D eigenvalue weighted by Crippen LogP contribution is -2.26. The SMILES string of the molecule is CCC(=O)NCCc1nc2ccccc2n1CC(=O)Nc1ccc(F)cc1. The van der Waals surface area contributed by atoms with Crippen molar-refractivity contribution >= 4 is 28.5 Å². The molecule has 0 saturated heterocycles. The number of carbonyl (C=O) groups excluding carboxylic acids is 2. The summed E-state index contributed by atoms with van der Waals surface area (Å²) in [6, 6.07) is 13.2. The van der Waals surface area contributed by atoms with Gasteiger partial charge in [-0.2, -0.15) is 0 Å². The van der Waals surface area contributed by atoms with E-state index in [0.29, 0.717) is 25.1 Å². The number of imidazole rings is 1. The second kappa shape index (κ2) is 8.44. The summed E-state index contributed by atoms with van der Waals surface area (Å²) < 4.78 is 14.8. The Bertz CT molecular complexity index is 950. The number of nitrogens with one attached hydrogen (secondary N) is 2. The van der Waals surface area contributed by atoms with Crippen molar-refractivity contribution in [2.75, 3.05) is 11.9 Å². The van der Waals surface area contributed by atoms with Gasteiger partial charge >= 0.3 is 0 Å². The number of para-hydroxylation sites is 2. The lowest BCUT2D eigenvalue weighted by atomic mass is 10.3. The minimum absolute atomic E-state index is 0.0216. The van der Waals surface area contributed by atoms with Crippen molar-refractivity contribution in [1.29, 1.82) is 0 Å². The smallest absolute Gasteiger partial charge is 0.244 e. The maximum atomic E-state index is 13.0. The van der Waals surface area contributed by atoms with Gasteiger partial charge in [0.1, 0.15) is 18.2 Å². The summed E-state index contributed by atoms with van der Waals surface area (Å²) in [5, 5.41) is 5.58. The Morgan fingerprint density at radius 2 is 1.81 bits per heavy atom. The van der Waals surface area contributed by atoms with Gasteiger partial charge in [-0.05, 0) is 36.4 Å². The second-order valence-corrected chi connectivity index (χ2v) is 6.11. The number of anilines is 1. The molecule has 7 heteroatoms. The molecule has 6 nitrogen and oxygen atoms in total. The Balaban J connectivity index is 1.76. The largest absolute Gasteiger partial charge is 0.356 e. The molecule has 3 rings (SSSR count). The molecular formula is C20H21FN4O2. The molecule has 2 aromatic carbocycles. The Morgan fingerprint density at radius 3 is 2.56 bits per heavy atom. The normalized spacial score (nSPS) is 10.7. The van der Waals surface area contributed by atoms with E-state index in [9.17, 15) is 14.0 Å². The summed E-state index contributed by atoms with van der Waals surface area (Å²) in [7, 11) is 0. The third-order valence-electron chi connectivity index (χ3n) is 4.16. The van der Waals surface area contributed by atoms with Gasteiger partial charge in [-0.25, -0.2) is 9.37 Å². The van der Waals surface area contributed by atoms with Crippen LogP contribution in [0.3, 0.4) is 0 Å². The predicted octanol–water partition coefficient (Wildman–Crippen LogP) is 2.88. The van der Waals surface area contributed by atoms with Gasteiger partial charge in [0.05, 0.1) is 11.0 Å². The van der Waals surface area contributed by atoms with Crippen molar-refractivity contribution < 1.29 is 14.0 Å². The average molecular weight is 368 g/mol. The first-order chi connectivity index (χ1) is 13.1. The number of halogens is 1. The summed E-state index contributed by atoms with van der Waals surface area (Å²) in [5.74, 6) is 0.113. The van der Waals surface area contributed by atoms with Crippen molar-refractivity contribution in [3.63, 3.8) is 0 Å². The number of hydrogen-bond donors (Lipinski definition) is 2. The maximum absolute atomic E-state index is 13.0. The highest BCUT2D eigenvalue weighted by Gasteiger charge is 2.14. The molecule has 0 aliphatic rings. The van der Waals surface area contributed by atoms with E-state index in [0.717, 1.165) is 16.9 Å². The molecule has 3 aromatic rings. The van der Waals surface area contributed by atoms with Crippen LogP contribution >= 0.6 is 0 Å². The van der Waals surface area contributed by atoms with Crippen molar-refractivity contribution in [1.82, 2.24) is 14.9 Å². The van der Waals surface area contributed by atoms with E-state index < -0.39 is 0 Å². The van der Waals surface area contributed by atoms with E-state index >= 15 is 0 Å². The molecule has 0 unspecified atom stereocenters. The topological polar surface area (TPSA) is 76.0 Å². The van der Waals surface area contributed by atoms with Gasteiger partial charge in [0.2, 0.25) is 11.8 Å². The fourth-order valence-electron chi connectivity index (χ4n) is 2.81. The van der Waals surface area contributed by atoms with Gasteiger partial charge in [-0.1, -0.05) is 19.1 Å². The zero-order valence-electron chi connectivity index (χ0n) is 15.0. The molecule has 0 fully saturated rings. The van der Waals surface area contributed by atoms with Crippen LogP contribution in [0.2, 0.25) is 0 Å². The van der Waals surface area contributed by atoms with Crippen molar-refractivity contribution in [3.05, 3.63) is 60.2 Å². The van der Waals surface area contributed by atoms with Crippen LogP contribution < -0.4 is 10.6 Å². The summed E-state index contributed by atoms with van der Waals surface area (Å²) >= 11 is 0. The molecule has 0 aliphatic heterocycles. The fraction of sp³-hybridized carbons (Fsp3) is 0.250. The molecular weight excluding hydrogens is 347 g/mol. The summed E-state index contributed by atoms with van der Waals surface area (Å²) in [6.45, 7) is 2.33. The van der Waals surface area contributed by atoms with Crippen molar-refractivity contribution in [2.24, 2.45) is 0 Å². The first-order valence-electron chi connectivity index (χ1n) is 8.83. The lowest BCUT2D eigenvalue weighted by Gasteiger charge is -2.10. The van der Waals surface area contributed by atoms with E-state index in [1.165, 1.54) is 24.3 Å². The molecule has 0 saturated carbocycles. The molecule has 0 radical (unpaired) electrons. The van der Waals surface area contributed by atoms with E-state index in [1.54, 1.807) is 6.92 Å². The highest BCUT2D eigenvalue weighted by molar-refractivity contribution is 5.91. The van der Waals surface area contributed by atoms with Gasteiger partial charge in [0.15, 0.2) is 0 Å². The fourth-order valence-corrected chi connectivity index (χ4v) is 2.81. The molecule has 0 bridgehead atoms. The number of amides is 2. The zero-order chi connectivity index (χ0) is 19.2. The number of benzene rings is 2. The minimum Gasteiger partial charge on any atom is -0.356 e. The Morgan fingerprint density at radius 1 is 1.07 bits per heavy atom. The van der Waals surface area contributed by atoms with Gasteiger partial charge in [0.25, 0.3) is 0 Å². The molecule has 27 heavy (non-hydrogen) atoms. The Labute approximate surface area is 156 Å². The maximum Gasteiger partial charge on any atom is 0.244 e. The van der Waals surface area contributed by atoms with Gasteiger partial charge in [0, 0.05) is 25.1 Å². The lowest BCUT2D eigenvalue weighted by molar-refractivity contribution is -0.120. The third kappa shape index (κ3) is 4.69. The van der Waals surface area contributed by atoms with Crippen LogP contribution in [-0.4, -0.2) is 27.9 Å². The molecule has 140 valence electrons. The van der Waals surface area contributed by atoms with E-state index in [-0.39, 0.29) is 24.2 Å². The van der Waals surface area contributed by atoms with Gasteiger partial charge in [-0.3, -0.25) is 9.59 Å². The van der Waals surface area contributed by atoms with E-state index in [1.807, 2.05) is 28.8 Å². The monoisotopic (exact) mass is 368 g/mol. The first-order valence-corrected chi connectivity index (χ1v) is 8.83. The molecule has 1 heterocycles. The Kier molecular flexibility index (Phi) is 5.80. The summed E-state index contributed by atoms with van der Waals surface area (Å²) in [5.41, 5.74) is 2.18. The van der Waals surface area contributed by atoms with Crippen LogP contribution in [0.5, 0.6) is 0 Å². The number of nitrogens with zero attached hydrogens (tertiary/aromatic N) is 2. The summed E-state index contributed by atoms with van der Waals surface area (Å²) in [6.07, 6.45) is 0.945. The Hall–Kier alpha value is -3.22. The third-order valence-corrected chi connectivity index (χ3v) is 4.16. The van der Waals surface area contributed by atoms with Crippen LogP contribution in [0.15, 0.2) is 48.5 Å². The highest BCUT2D eigenvalue weighted by Crippen LogP contribution is 2.17. The van der Waals surface area contributed by atoms with Crippen LogP contribution in [-0.2, 0) is 22.6 Å². The van der Waals surface area contributed by atoms with E-state index in [2.05, 4.69) is 15.6 Å². The van der Waals surface area contributed by atoms with Crippen LogP contribution in [0.4, 0.5) is 10.1 Å². The zero-order valence-corrected chi connectivity index (χ0v) is 15.0. The molecule has 2 N–H and O–H groups in total. The number of carbonyl (C=O) groups is 2. The quantitative estimate of drug-likeness (QED) is 0.673.